The van der Waals surface area contributed by atoms with Crippen LogP contribution in [0.4, 0.5) is 5.69 Å². The second-order valence-corrected chi connectivity index (χ2v) is 4.53. The first-order chi connectivity index (χ1) is 8.46. The van der Waals surface area contributed by atoms with Crippen LogP contribution in [-0.2, 0) is 4.79 Å². The van der Waals surface area contributed by atoms with Gasteiger partial charge in [0.15, 0.2) is 0 Å². The number of nitriles is 1. The van der Waals surface area contributed by atoms with Crippen LogP contribution >= 0.6 is 11.6 Å². The van der Waals surface area contributed by atoms with Crippen LogP contribution in [0.2, 0.25) is 5.02 Å². The molecule has 0 saturated heterocycles. The average molecular weight is 266 g/mol. The summed E-state index contributed by atoms with van der Waals surface area (Å²) in [6.45, 7) is 3.73. The van der Waals surface area contributed by atoms with Crippen LogP contribution in [0.5, 0.6) is 0 Å². The van der Waals surface area contributed by atoms with Gasteiger partial charge in [-0.3, -0.25) is 4.79 Å². The fourth-order valence-electron chi connectivity index (χ4n) is 1.52. The van der Waals surface area contributed by atoms with Gasteiger partial charge in [0, 0.05) is 5.69 Å². The van der Waals surface area contributed by atoms with E-state index < -0.39 is 5.54 Å². The fourth-order valence-corrected chi connectivity index (χ4v) is 1.68. The molecule has 0 aromatic heterocycles. The van der Waals surface area contributed by atoms with Gasteiger partial charge in [0.25, 0.3) is 0 Å². The zero-order chi connectivity index (χ0) is 13.8. The number of hydrogen-bond donors (Lipinski definition) is 2. The molecule has 1 rings (SSSR count). The van der Waals surface area contributed by atoms with Crippen LogP contribution in [0.25, 0.3) is 0 Å². The summed E-state index contributed by atoms with van der Waals surface area (Å²) in [7, 11) is 0. The van der Waals surface area contributed by atoms with Crippen molar-refractivity contribution in [3.8, 4) is 6.07 Å². The minimum atomic E-state index is -0.882. The highest BCUT2D eigenvalue weighted by Gasteiger charge is 2.29. The summed E-state index contributed by atoms with van der Waals surface area (Å²) in [6.07, 6.45) is 1.10. The Morgan fingerprint density at radius 2 is 2.11 bits per heavy atom. The van der Waals surface area contributed by atoms with E-state index in [-0.39, 0.29) is 5.91 Å². The van der Waals surface area contributed by atoms with Gasteiger partial charge in [0.05, 0.1) is 16.1 Å². The van der Waals surface area contributed by atoms with E-state index in [1.54, 1.807) is 12.1 Å². The predicted molar refractivity (Wildman–Crippen MR) is 72.3 cm³/mol. The fraction of sp³-hybridized carbons (Fsp3) is 0.385. The lowest BCUT2D eigenvalue weighted by atomic mass is 9.93. The normalized spacial score (nSPS) is 10.8. The number of anilines is 1. The third-order valence-electron chi connectivity index (χ3n) is 3.06. The lowest BCUT2D eigenvalue weighted by Crippen LogP contribution is -2.50. The van der Waals surface area contributed by atoms with Crippen molar-refractivity contribution in [1.82, 2.24) is 0 Å². The van der Waals surface area contributed by atoms with Crippen molar-refractivity contribution in [3.05, 3.63) is 28.8 Å². The molecule has 0 unspecified atom stereocenters. The van der Waals surface area contributed by atoms with Crippen LogP contribution in [0.15, 0.2) is 18.2 Å². The van der Waals surface area contributed by atoms with E-state index in [9.17, 15) is 4.79 Å². The SMILES string of the molecule is CCC(N)(CC)C(=O)Nc1ccc(Cl)c(C#N)c1. The van der Waals surface area contributed by atoms with Crippen molar-refractivity contribution in [1.29, 1.82) is 5.26 Å². The highest BCUT2D eigenvalue weighted by molar-refractivity contribution is 6.31. The van der Waals surface area contributed by atoms with Crippen LogP contribution < -0.4 is 11.1 Å². The predicted octanol–water partition coefficient (Wildman–Crippen LogP) is 2.67. The molecule has 0 radical (unpaired) electrons. The number of hydrogen-bond acceptors (Lipinski definition) is 3. The monoisotopic (exact) mass is 265 g/mol. The first-order valence-corrected chi connectivity index (χ1v) is 6.14. The van der Waals surface area contributed by atoms with Gasteiger partial charge in [-0.1, -0.05) is 25.4 Å². The molecule has 0 aliphatic heterocycles. The second kappa shape index (κ2) is 5.85. The van der Waals surface area contributed by atoms with Crippen molar-refractivity contribution >= 4 is 23.2 Å². The number of nitrogens with zero attached hydrogens (tertiary/aromatic N) is 1. The summed E-state index contributed by atoms with van der Waals surface area (Å²) in [6, 6.07) is 6.72. The van der Waals surface area contributed by atoms with Crippen LogP contribution in [0, 0.1) is 11.3 Å². The smallest absolute Gasteiger partial charge is 0.244 e. The highest BCUT2D eigenvalue weighted by Crippen LogP contribution is 2.21. The minimum Gasteiger partial charge on any atom is -0.324 e. The largest absolute Gasteiger partial charge is 0.324 e. The zero-order valence-corrected chi connectivity index (χ0v) is 11.2. The van der Waals surface area contributed by atoms with Gasteiger partial charge in [-0.15, -0.1) is 0 Å². The van der Waals surface area contributed by atoms with E-state index in [0.717, 1.165) is 0 Å². The van der Waals surface area contributed by atoms with E-state index in [0.29, 0.717) is 29.1 Å². The standard InChI is InChI=1S/C13H16ClN3O/c1-3-13(16,4-2)12(18)17-10-5-6-11(14)9(7-10)8-15/h5-7H,3-4,16H2,1-2H3,(H,17,18). The molecular formula is C13H16ClN3O. The van der Waals surface area contributed by atoms with E-state index >= 15 is 0 Å². The van der Waals surface area contributed by atoms with E-state index in [2.05, 4.69) is 5.32 Å². The Bertz CT molecular complexity index is 489. The molecule has 96 valence electrons. The number of rotatable bonds is 4. The topological polar surface area (TPSA) is 78.9 Å². The molecule has 0 bridgehead atoms. The maximum atomic E-state index is 12.0. The molecule has 4 nitrogen and oxygen atoms in total. The molecule has 3 N–H and O–H groups in total. The Kier molecular flexibility index (Phi) is 4.71. The number of nitrogens with two attached hydrogens (primary N) is 1. The molecule has 0 atom stereocenters. The molecule has 1 amide bonds. The molecule has 0 heterocycles. The number of benzene rings is 1. The van der Waals surface area contributed by atoms with Crippen molar-refractivity contribution < 1.29 is 4.79 Å². The molecule has 0 fully saturated rings. The summed E-state index contributed by atoms with van der Waals surface area (Å²) < 4.78 is 0. The third kappa shape index (κ3) is 3.00. The summed E-state index contributed by atoms with van der Waals surface area (Å²) in [5.41, 5.74) is 5.95. The van der Waals surface area contributed by atoms with E-state index in [4.69, 9.17) is 22.6 Å². The lowest BCUT2D eigenvalue weighted by Gasteiger charge is -2.25. The maximum Gasteiger partial charge on any atom is 0.244 e. The van der Waals surface area contributed by atoms with Gasteiger partial charge >= 0.3 is 0 Å². The first-order valence-electron chi connectivity index (χ1n) is 5.76. The van der Waals surface area contributed by atoms with Crippen LogP contribution in [0.3, 0.4) is 0 Å². The lowest BCUT2D eigenvalue weighted by molar-refractivity contribution is -0.121. The quantitative estimate of drug-likeness (QED) is 0.878. The Morgan fingerprint density at radius 1 is 1.50 bits per heavy atom. The van der Waals surface area contributed by atoms with Gasteiger partial charge in [0.1, 0.15) is 6.07 Å². The number of halogens is 1. The molecule has 1 aromatic rings. The molecule has 0 spiro atoms. The molecule has 0 aliphatic rings. The van der Waals surface area contributed by atoms with Crippen molar-refractivity contribution in [2.45, 2.75) is 32.2 Å². The van der Waals surface area contributed by atoms with Gasteiger partial charge in [-0.25, -0.2) is 0 Å². The Morgan fingerprint density at radius 3 is 2.61 bits per heavy atom. The summed E-state index contributed by atoms with van der Waals surface area (Å²) >= 11 is 5.82. The molecule has 0 saturated carbocycles. The van der Waals surface area contributed by atoms with E-state index in [1.807, 2.05) is 19.9 Å². The van der Waals surface area contributed by atoms with Gasteiger partial charge in [0.2, 0.25) is 5.91 Å². The second-order valence-electron chi connectivity index (χ2n) is 4.12. The summed E-state index contributed by atoms with van der Waals surface area (Å²) in [5.74, 6) is -0.251. The number of nitrogens with one attached hydrogen (secondary N) is 1. The number of carbonyl (C=O) groups is 1. The molecule has 5 heteroatoms. The van der Waals surface area contributed by atoms with Crippen molar-refractivity contribution in [2.75, 3.05) is 5.32 Å². The zero-order valence-electron chi connectivity index (χ0n) is 10.5. The van der Waals surface area contributed by atoms with Gasteiger partial charge in [-0.2, -0.15) is 5.26 Å². The maximum absolute atomic E-state index is 12.0. The molecule has 1 aromatic carbocycles. The number of carbonyl (C=O) groups excluding carboxylic acids is 1. The van der Waals surface area contributed by atoms with Crippen molar-refractivity contribution in [2.24, 2.45) is 5.73 Å². The number of amides is 1. The summed E-state index contributed by atoms with van der Waals surface area (Å²) in [5, 5.41) is 11.9. The average Bonchev–Trinajstić information content (AvgIpc) is 2.39. The van der Waals surface area contributed by atoms with Crippen molar-refractivity contribution in [3.63, 3.8) is 0 Å². The Hall–Kier alpha value is -1.57. The van der Waals surface area contributed by atoms with Crippen LogP contribution in [-0.4, -0.2) is 11.4 Å². The Balaban J connectivity index is 2.93. The minimum absolute atomic E-state index is 0.251. The van der Waals surface area contributed by atoms with Crippen LogP contribution in [0.1, 0.15) is 32.3 Å². The molecule has 0 aliphatic carbocycles. The van der Waals surface area contributed by atoms with Gasteiger partial charge in [-0.05, 0) is 31.0 Å². The highest BCUT2D eigenvalue weighted by atomic mass is 35.5. The molecule has 18 heavy (non-hydrogen) atoms. The third-order valence-corrected chi connectivity index (χ3v) is 3.39. The Labute approximate surface area is 112 Å². The summed E-state index contributed by atoms with van der Waals surface area (Å²) in [4.78, 5) is 12.0. The van der Waals surface area contributed by atoms with Gasteiger partial charge < -0.3 is 11.1 Å². The molecular weight excluding hydrogens is 250 g/mol. The first kappa shape index (κ1) is 14.5. The van der Waals surface area contributed by atoms with E-state index in [1.165, 1.54) is 6.07 Å².